The predicted octanol–water partition coefficient (Wildman–Crippen LogP) is -0.0464. The molecule has 4 N–H and O–H groups in total. The molecular weight excluding hydrogens is 607 g/mol. The second kappa shape index (κ2) is 13.3. The lowest BCUT2D eigenvalue weighted by molar-refractivity contribution is -0.234. The van der Waals surface area contributed by atoms with Crippen LogP contribution in [0.25, 0.3) is 0 Å². The number of phosphoric ester groups is 1. The molecule has 0 radical (unpaired) electrons. The van der Waals surface area contributed by atoms with Crippen LogP contribution < -0.4 is 26.1 Å². The maximum Gasteiger partial charge on any atom is 0.351 e. The summed E-state index contributed by atoms with van der Waals surface area (Å²) in [5, 5.41) is 10.2. The van der Waals surface area contributed by atoms with E-state index in [4.69, 9.17) is 15.4 Å². The van der Waals surface area contributed by atoms with Crippen molar-refractivity contribution in [3.05, 3.63) is 22.2 Å². The molecule has 38 heavy (non-hydrogen) atoms. The van der Waals surface area contributed by atoms with Gasteiger partial charge in [0.1, 0.15) is 25.7 Å². The maximum absolute atomic E-state index is 12.4. The Labute approximate surface area is 226 Å². The number of nitrogen functional groups attached to an aromatic ring is 1. The van der Waals surface area contributed by atoms with Crippen LogP contribution in [-0.4, -0.2) is 54.8 Å². The molecule has 1 aromatic rings. The number of aliphatic hydroxyl groups is 1. The number of phosphoric acid groups is 1. The summed E-state index contributed by atoms with van der Waals surface area (Å²) >= 11 is 0. The second-order valence-corrected chi connectivity index (χ2v) is 17.6. The highest BCUT2D eigenvalue weighted by molar-refractivity contribution is 8.77. The number of rotatable bonds is 11. The van der Waals surface area contributed by atoms with E-state index in [-0.39, 0.29) is 22.5 Å². The minimum absolute atomic E-state index is 0.106. The van der Waals surface area contributed by atoms with E-state index < -0.39 is 59.6 Å². The molecule has 0 amide bonds. The van der Waals surface area contributed by atoms with Crippen molar-refractivity contribution < 1.29 is 51.9 Å². The highest BCUT2D eigenvalue weighted by Gasteiger charge is 2.37. The number of ether oxygens (including phenoxy) is 1. The summed E-state index contributed by atoms with van der Waals surface area (Å²) in [4.78, 5) is 58.7. The molecule has 6 atom stereocenters. The van der Waals surface area contributed by atoms with Crippen LogP contribution in [0.5, 0.6) is 0 Å². The summed E-state index contributed by atoms with van der Waals surface area (Å²) in [6, 6.07) is 0. The van der Waals surface area contributed by atoms with Crippen molar-refractivity contribution in [1.82, 2.24) is 9.55 Å². The van der Waals surface area contributed by atoms with Crippen molar-refractivity contribution in [2.45, 2.75) is 56.8 Å². The van der Waals surface area contributed by atoms with Crippen LogP contribution in [0.4, 0.5) is 5.82 Å². The van der Waals surface area contributed by atoms with Gasteiger partial charge in [0.2, 0.25) is 0 Å². The molecule has 1 saturated heterocycles. The zero-order valence-corrected chi connectivity index (χ0v) is 24.8. The highest BCUT2D eigenvalue weighted by atomic mass is 33.1. The van der Waals surface area contributed by atoms with Gasteiger partial charge in [0.15, 0.2) is 7.60 Å². The molecule has 0 saturated carbocycles. The number of hydrogen-bond donors (Lipinski definition) is 3. The SMILES string of the molecule is CC(C)(C)SSCCC#Cc1cn([C@H]2C[C@H](O)[C@@H](COP(=O)([O-])OP(=O)([O-])CP(=O)([O-])O)O2)c(=O)nc1N. The van der Waals surface area contributed by atoms with Gasteiger partial charge in [-0.25, -0.2) is 4.79 Å². The molecule has 0 bridgehead atoms. The van der Waals surface area contributed by atoms with Gasteiger partial charge in [0, 0.05) is 29.5 Å². The first-order valence-corrected chi connectivity index (χ1v) is 18.1. The average molecular weight is 634 g/mol. The third kappa shape index (κ3) is 11.8. The quantitative estimate of drug-likeness (QED) is 0.125. The van der Waals surface area contributed by atoms with Gasteiger partial charge in [-0.15, -0.1) is 0 Å². The molecule has 216 valence electrons. The largest absolute Gasteiger partial charge is 0.778 e. The van der Waals surface area contributed by atoms with Crippen LogP contribution in [-0.2, 0) is 27.3 Å². The lowest BCUT2D eigenvalue weighted by Gasteiger charge is -2.33. The van der Waals surface area contributed by atoms with E-state index in [1.165, 1.54) is 6.20 Å². The number of hydrogen-bond acceptors (Lipinski definition) is 15. The lowest BCUT2D eigenvalue weighted by Crippen LogP contribution is -2.29. The summed E-state index contributed by atoms with van der Waals surface area (Å²) in [6.07, 6.45) is -2.17. The molecule has 1 aliphatic rings. The normalized spacial score (nSPS) is 24.6. The second-order valence-electron chi connectivity index (χ2n) is 8.95. The van der Waals surface area contributed by atoms with Gasteiger partial charge in [-0.1, -0.05) is 54.2 Å². The Morgan fingerprint density at radius 2 is 1.97 bits per heavy atom. The van der Waals surface area contributed by atoms with Crippen molar-refractivity contribution in [3.8, 4) is 11.8 Å². The van der Waals surface area contributed by atoms with Crippen LogP contribution in [0.15, 0.2) is 11.0 Å². The van der Waals surface area contributed by atoms with E-state index in [0.29, 0.717) is 6.42 Å². The van der Waals surface area contributed by atoms with E-state index in [2.05, 4.69) is 46.4 Å². The van der Waals surface area contributed by atoms with Crippen LogP contribution in [0, 0.1) is 11.8 Å². The third-order valence-corrected chi connectivity index (χ3v) is 12.7. The minimum atomic E-state index is -5.63. The van der Waals surface area contributed by atoms with Gasteiger partial charge in [0.05, 0.1) is 24.2 Å². The number of nitrogens with two attached hydrogens (primary N) is 1. The molecule has 0 aromatic carbocycles. The standard InChI is InChI=1S/C18H30N3O12P3S2/c1-18(2,3)38-37-7-5-4-6-12-9-21(17(23)20-16(12)19)15-8-13(22)14(32-15)10-31-36(29,30)33-35(27,28)11-34(24,25)26/h9,13-15,22H,5,7-8,10-11H2,1-3H3,(H,27,28)(H,29,30)(H2,19,20,23)(H2,24,25,26)/p-3/t13-,14+,15+/m0/s1. The van der Waals surface area contributed by atoms with Crippen LogP contribution >= 0.6 is 44.6 Å². The fourth-order valence-electron chi connectivity index (χ4n) is 2.87. The van der Waals surface area contributed by atoms with Crippen LogP contribution in [0.2, 0.25) is 0 Å². The van der Waals surface area contributed by atoms with E-state index in [1.807, 2.05) is 0 Å². The molecule has 3 unspecified atom stereocenters. The molecule has 0 spiro atoms. The summed E-state index contributed by atoms with van der Waals surface area (Å²) in [5.74, 6) is 4.46. The molecule has 1 aliphatic heterocycles. The fraction of sp³-hybridized carbons (Fsp3) is 0.667. The van der Waals surface area contributed by atoms with E-state index in [0.717, 1.165) is 10.3 Å². The molecule has 0 aliphatic carbocycles. The van der Waals surface area contributed by atoms with E-state index >= 15 is 0 Å². The van der Waals surface area contributed by atoms with Gasteiger partial charge in [-0.05, 0) is 0 Å². The molecule has 2 heterocycles. The van der Waals surface area contributed by atoms with Crippen molar-refractivity contribution >= 4 is 50.4 Å². The molecular formula is C18H27N3O12P3S2-3. The summed E-state index contributed by atoms with van der Waals surface area (Å²) in [5.41, 5.74) is 5.21. The minimum Gasteiger partial charge on any atom is -0.778 e. The van der Waals surface area contributed by atoms with Gasteiger partial charge in [-0.2, -0.15) is 4.98 Å². The molecule has 15 nitrogen and oxygen atoms in total. The molecule has 1 aromatic heterocycles. The Kier molecular flexibility index (Phi) is 11.7. The summed E-state index contributed by atoms with van der Waals surface area (Å²) in [7, 11) is -13.2. The third-order valence-electron chi connectivity index (χ3n) is 4.31. The van der Waals surface area contributed by atoms with Crippen molar-refractivity contribution in [2.24, 2.45) is 0 Å². The highest BCUT2D eigenvalue weighted by Crippen LogP contribution is 2.60. The fourth-order valence-corrected chi connectivity index (χ4v) is 9.22. The van der Waals surface area contributed by atoms with Gasteiger partial charge in [0.25, 0.3) is 7.82 Å². The smallest absolute Gasteiger partial charge is 0.351 e. The van der Waals surface area contributed by atoms with Gasteiger partial charge < -0.3 is 48.8 Å². The van der Waals surface area contributed by atoms with E-state index in [9.17, 15) is 38.3 Å². The maximum atomic E-state index is 12.4. The first kappa shape index (κ1) is 33.5. The molecule has 1 fully saturated rings. The van der Waals surface area contributed by atoms with E-state index in [1.54, 1.807) is 21.6 Å². The monoisotopic (exact) mass is 634 g/mol. The summed E-state index contributed by atoms with van der Waals surface area (Å²) < 4.78 is 48.8. The average Bonchev–Trinajstić information content (AvgIpc) is 3.07. The number of nitrogens with zero attached hydrogens (tertiary/aromatic N) is 2. The summed E-state index contributed by atoms with van der Waals surface area (Å²) in [6.45, 7) is 5.35. The molecule has 20 heteroatoms. The van der Waals surface area contributed by atoms with Crippen LogP contribution in [0.1, 0.15) is 45.4 Å². The van der Waals surface area contributed by atoms with Crippen molar-refractivity contribution in [2.75, 3.05) is 24.0 Å². The van der Waals surface area contributed by atoms with Gasteiger partial charge in [-0.3, -0.25) is 13.4 Å². The predicted molar refractivity (Wildman–Crippen MR) is 136 cm³/mol. The zero-order valence-electron chi connectivity index (χ0n) is 20.5. The first-order valence-electron chi connectivity index (χ1n) is 10.8. The Bertz CT molecular complexity index is 1250. The Morgan fingerprint density at radius 3 is 2.58 bits per heavy atom. The van der Waals surface area contributed by atoms with Crippen LogP contribution in [0.3, 0.4) is 0 Å². The number of aromatic nitrogens is 2. The van der Waals surface area contributed by atoms with Gasteiger partial charge >= 0.3 is 5.69 Å². The topological polar surface area (TPSA) is 249 Å². The number of anilines is 1. The molecule has 2 rings (SSSR count). The Balaban J connectivity index is 2.03. The zero-order chi connectivity index (χ0) is 28.9. The van der Waals surface area contributed by atoms with Crippen molar-refractivity contribution in [1.29, 1.82) is 0 Å². The Morgan fingerprint density at radius 1 is 1.32 bits per heavy atom. The number of aliphatic hydroxyl groups excluding tert-OH is 1. The first-order chi connectivity index (χ1) is 17.3. The lowest BCUT2D eigenvalue weighted by atomic mass is 10.2. The van der Waals surface area contributed by atoms with Crippen molar-refractivity contribution in [3.63, 3.8) is 0 Å². The Hall–Kier alpha value is -0.690.